The summed E-state index contributed by atoms with van der Waals surface area (Å²) < 4.78 is 10.6. The SMILES string of the molecule is COc1ccc(-c2cnc([C@@H]3COCCN3)[nH]2)cc1. The summed E-state index contributed by atoms with van der Waals surface area (Å²) in [6.07, 6.45) is 1.85. The Bertz CT molecular complexity index is 530. The lowest BCUT2D eigenvalue weighted by atomic mass is 10.1. The Morgan fingerprint density at radius 3 is 2.84 bits per heavy atom. The Kier molecular flexibility index (Phi) is 3.48. The molecular weight excluding hydrogens is 242 g/mol. The number of ether oxygens (including phenoxy) is 2. The molecule has 2 heterocycles. The fourth-order valence-electron chi connectivity index (χ4n) is 2.17. The second kappa shape index (κ2) is 5.42. The topological polar surface area (TPSA) is 59.2 Å². The summed E-state index contributed by atoms with van der Waals surface area (Å²) in [5.74, 6) is 1.77. The summed E-state index contributed by atoms with van der Waals surface area (Å²) in [6, 6.07) is 8.07. The van der Waals surface area contributed by atoms with Crippen LogP contribution in [-0.4, -0.2) is 36.8 Å². The molecule has 0 unspecified atom stereocenters. The molecule has 5 heteroatoms. The lowest BCUT2D eigenvalue weighted by Crippen LogP contribution is -2.35. The van der Waals surface area contributed by atoms with Crippen molar-refractivity contribution in [3.05, 3.63) is 36.3 Å². The average molecular weight is 259 g/mol. The molecule has 0 bridgehead atoms. The van der Waals surface area contributed by atoms with Crippen molar-refractivity contribution in [2.24, 2.45) is 0 Å². The number of aromatic nitrogens is 2. The molecule has 1 aliphatic heterocycles. The van der Waals surface area contributed by atoms with E-state index in [0.717, 1.165) is 36.0 Å². The van der Waals surface area contributed by atoms with Crippen LogP contribution in [0.25, 0.3) is 11.3 Å². The molecule has 1 saturated heterocycles. The minimum atomic E-state index is 0.153. The van der Waals surface area contributed by atoms with Crippen molar-refractivity contribution >= 4 is 0 Å². The molecule has 1 aromatic heterocycles. The van der Waals surface area contributed by atoms with E-state index in [-0.39, 0.29) is 6.04 Å². The zero-order valence-electron chi connectivity index (χ0n) is 10.8. The van der Waals surface area contributed by atoms with E-state index in [4.69, 9.17) is 9.47 Å². The summed E-state index contributed by atoms with van der Waals surface area (Å²) in [5.41, 5.74) is 2.10. The summed E-state index contributed by atoms with van der Waals surface area (Å²) in [4.78, 5) is 7.77. The monoisotopic (exact) mass is 259 g/mol. The molecule has 0 aliphatic carbocycles. The number of rotatable bonds is 3. The van der Waals surface area contributed by atoms with Gasteiger partial charge >= 0.3 is 0 Å². The van der Waals surface area contributed by atoms with E-state index in [1.54, 1.807) is 7.11 Å². The van der Waals surface area contributed by atoms with Crippen molar-refractivity contribution in [2.45, 2.75) is 6.04 Å². The Labute approximate surface area is 112 Å². The predicted molar refractivity (Wildman–Crippen MR) is 72.1 cm³/mol. The van der Waals surface area contributed by atoms with E-state index in [2.05, 4.69) is 15.3 Å². The van der Waals surface area contributed by atoms with Crippen LogP contribution in [0.1, 0.15) is 11.9 Å². The lowest BCUT2D eigenvalue weighted by molar-refractivity contribution is 0.0745. The highest BCUT2D eigenvalue weighted by Gasteiger charge is 2.18. The van der Waals surface area contributed by atoms with Gasteiger partial charge < -0.3 is 19.8 Å². The van der Waals surface area contributed by atoms with Crippen LogP contribution < -0.4 is 10.1 Å². The van der Waals surface area contributed by atoms with Crippen molar-refractivity contribution in [3.8, 4) is 17.0 Å². The maximum atomic E-state index is 5.44. The number of methoxy groups -OCH3 is 1. The molecule has 1 atom stereocenters. The zero-order valence-corrected chi connectivity index (χ0v) is 10.8. The molecule has 100 valence electrons. The normalized spacial score (nSPS) is 19.3. The Morgan fingerprint density at radius 1 is 1.32 bits per heavy atom. The lowest BCUT2D eigenvalue weighted by Gasteiger charge is -2.21. The third kappa shape index (κ3) is 2.62. The van der Waals surface area contributed by atoms with Gasteiger partial charge in [-0.1, -0.05) is 0 Å². The summed E-state index contributed by atoms with van der Waals surface area (Å²) in [6.45, 7) is 2.29. The quantitative estimate of drug-likeness (QED) is 0.881. The number of benzene rings is 1. The number of hydrogen-bond donors (Lipinski definition) is 2. The number of nitrogens with one attached hydrogen (secondary N) is 2. The van der Waals surface area contributed by atoms with E-state index in [1.807, 2.05) is 30.5 Å². The highest BCUT2D eigenvalue weighted by Crippen LogP contribution is 2.22. The number of morpholine rings is 1. The van der Waals surface area contributed by atoms with Gasteiger partial charge in [0.05, 0.1) is 38.3 Å². The van der Waals surface area contributed by atoms with Crippen molar-refractivity contribution in [3.63, 3.8) is 0 Å². The van der Waals surface area contributed by atoms with Crippen LogP contribution in [0.4, 0.5) is 0 Å². The molecule has 1 aliphatic rings. The van der Waals surface area contributed by atoms with Crippen LogP contribution in [0.15, 0.2) is 30.5 Å². The van der Waals surface area contributed by atoms with Crippen LogP contribution in [0.2, 0.25) is 0 Å². The highest BCUT2D eigenvalue weighted by atomic mass is 16.5. The minimum absolute atomic E-state index is 0.153. The van der Waals surface area contributed by atoms with Crippen LogP contribution in [0.3, 0.4) is 0 Å². The average Bonchev–Trinajstić information content (AvgIpc) is 2.98. The summed E-state index contributed by atoms with van der Waals surface area (Å²) >= 11 is 0. The van der Waals surface area contributed by atoms with Gasteiger partial charge in [0.2, 0.25) is 0 Å². The first-order chi connectivity index (χ1) is 9.36. The maximum Gasteiger partial charge on any atom is 0.126 e. The van der Waals surface area contributed by atoms with Gasteiger partial charge in [-0.25, -0.2) is 4.98 Å². The van der Waals surface area contributed by atoms with E-state index in [0.29, 0.717) is 6.61 Å². The third-order valence-electron chi connectivity index (χ3n) is 3.25. The fourth-order valence-corrected chi connectivity index (χ4v) is 2.17. The van der Waals surface area contributed by atoms with E-state index in [9.17, 15) is 0 Å². The summed E-state index contributed by atoms with van der Waals surface area (Å²) in [7, 11) is 1.66. The molecule has 1 fully saturated rings. The molecule has 2 N–H and O–H groups in total. The van der Waals surface area contributed by atoms with Crippen molar-refractivity contribution in [1.29, 1.82) is 0 Å². The molecular formula is C14H17N3O2. The standard InChI is InChI=1S/C14H17N3O2/c1-18-11-4-2-10(3-5-11)12-8-16-14(17-12)13-9-19-7-6-15-13/h2-5,8,13,15H,6-7,9H2,1H3,(H,16,17)/t13-/m0/s1. The Morgan fingerprint density at radius 2 is 2.16 bits per heavy atom. The largest absolute Gasteiger partial charge is 0.497 e. The summed E-state index contributed by atoms with van der Waals surface area (Å²) in [5, 5.41) is 3.38. The Balaban J connectivity index is 1.79. The van der Waals surface area contributed by atoms with Gasteiger partial charge in [0.25, 0.3) is 0 Å². The maximum absolute atomic E-state index is 5.44. The molecule has 0 amide bonds. The van der Waals surface area contributed by atoms with Gasteiger partial charge in [-0.2, -0.15) is 0 Å². The molecule has 0 spiro atoms. The second-order valence-electron chi connectivity index (χ2n) is 4.49. The second-order valence-corrected chi connectivity index (χ2v) is 4.49. The van der Waals surface area contributed by atoms with E-state index >= 15 is 0 Å². The fraction of sp³-hybridized carbons (Fsp3) is 0.357. The zero-order chi connectivity index (χ0) is 13.1. The van der Waals surface area contributed by atoms with Crippen LogP contribution in [0, 0.1) is 0 Å². The van der Waals surface area contributed by atoms with Gasteiger partial charge in [0.15, 0.2) is 0 Å². The number of nitrogens with zero attached hydrogens (tertiary/aromatic N) is 1. The van der Waals surface area contributed by atoms with E-state index in [1.165, 1.54) is 0 Å². The van der Waals surface area contributed by atoms with Crippen molar-refractivity contribution in [1.82, 2.24) is 15.3 Å². The van der Waals surface area contributed by atoms with Crippen LogP contribution in [-0.2, 0) is 4.74 Å². The first-order valence-corrected chi connectivity index (χ1v) is 6.37. The van der Waals surface area contributed by atoms with Crippen LogP contribution in [0.5, 0.6) is 5.75 Å². The third-order valence-corrected chi connectivity index (χ3v) is 3.25. The molecule has 19 heavy (non-hydrogen) atoms. The molecule has 1 aromatic carbocycles. The van der Waals surface area contributed by atoms with Crippen LogP contribution >= 0.6 is 0 Å². The van der Waals surface area contributed by atoms with Gasteiger partial charge in [0.1, 0.15) is 11.6 Å². The van der Waals surface area contributed by atoms with Gasteiger partial charge in [-0.3, -0.25) is 0 Å². The van der Waals surface area contributed by atoms with Gasteiger partial charge in [0, 0.05) is 6.54 Å². The number of aromatic amines is 1. The van der Waals surface area contributed by atoms with E-state index < -0.39 is 0 Å². The first-order valence-electron chi connectivity index (χ1n) is 6.37. The van der Waals surface area contributed by atoms with Crippen molar-refractivity contribution < 1.29 is 9.47 Å². The number of H-pyrrole nitrogens is 1. The molecule has 0 radical (unpaired) electrons. The highest BCUT2D eigenvalue weighted by molar-refractivity contribution is 5.59. The van der Waals surface area contributed by atoms with Gasteiger partial charge in [-0.15, -0.1) is 0 Å². The van der Waals surface area contributed by atoms with Crippen molar-refractivity contribution in [2.75, 3.05) is 26.9 Å². The first kappa shape index (κ1) is 12.2. The molecule has 3 rings (SSSR count). The minimum Gasteiger partial charge on any atom is -0.497 e. The smallest absolute Gasteiger partial charge is 0.126 e. The van der Waals surface area contributed by atoms with Gasteiger partial charge in [-0.05, 0) is 29.8 Å². The number of hydrogen-bond acceptors (Lipinski definition) is 4. The molecule has 2 aromatic rings. The molecule has 0 saturated carbocycles. The Hall–Kier alpha value is -1.85. The number of imidazole rings is 1. The predicted octanol–water partition coefficient (Wildman–Crippen LogP) is 1.75. The molecule has 5 nitrogen and oxygen atoms in total.